The molecule has 1 aliphatic carbocycles. The van der Waals surface area contributed by atoms with Crippen LogP contribution in [0.1, 0.15) is 12.8 Å². The average molecular weight is 340 g/mol. The molecular formula is C16H22ClN3O3. The fourth-order valence-corrected chi connectivity index (χ4v) is 3.25. The maximum atomic E-state index is 12.5. The van der Waals surface area contributed by atoms with Gasteiger partial charge in [0.1, 0.15) is 6.54 Å². The van der Waals surface area contributed by atoms with Crippen molar-refractivity contribution in [1.29, 1.82) is 0 Å². The molecular weight excluding hydrogens is 318 g/mol. The molecule has 1 saturated carbocycles. The minimum Gasteiger partial charge on any atom is -0.391 e. The Morgan fingerprint density at radius 2 is 1.87 bits per heavy atom. The van der Waals surface area contributed by atoms with Gasteiger partial charge in [-0.15, -0.1) is 12.4 Å². The summed E-state index contributed by atoms with van der Waals surface area (Å²) < 4.78 is 0. The Labute approximate surface area is 141 Å². The number of aliphatic hydroxyl groups is 1. The van der Waals surface area contributed by atoms with Crippen LogP contribution in [0, 0.1) is 5.92 Å². The first-order valence-electron chi connectivity index (χ1n) is 7.64. The van der Waals surface area contributed by atoms with Crippen LogP contribution < -0.4 is 10.6 Å². The van der Waals surface area contributed by atoms with Gasteiger partial charge in [0.25, 0.3) is 0 Å². The Kier molecular flexibility index (Phi) is 5.62. The molecule has 1 aromatic carbocycles. The van der Waals surface area contributed by atoms with E-state index in [0.717, 1.165) is 5.69 Å². The van der Waals surface area contributed by atoms with Crippen LogP contribution in [0.25, 0.3) is 0 Å². The van der Waals surface area contributed by atoms with E-state index in [0.29, 0.717) is 25.9 Å². The summed E-state index contributed by atoms with van der Waals surface area (Å²) in [4.78, 5) is 28.1. The summed E-state index contributed by atoms with van der Waals surface area (Å²) in [6.07, 6.45) is 0.274. The van der Waals surface area contributed by atoms with Crippen molar-refractivity contribution in [2.45, 2.75) is 25.0 Å². The van der Waals surface area contributed by atoms with E-state index in [2.05, 4.69) is 0 Å². The molecule has 7 heteroatoms. The first kappa shape index (κ1) is 17.7. The minimum atomic E-state index is -0.616. The SMILES string of the molecule is Cl.N[C@@H]1C[C@H](C(=O)N2CCN(c3ccccc3)C(=O)C2)C[C@H]1O. The summed E-state index contributed by atoms with van der Waals surface area (Å²) in [5.74, 6) is -0.400. The molecule has 3 N–H and O–H groups in total. The number of rotatable bonds is 2. The van der Waals surface area contributed by atoms with Crippen molar-refractivity contribution in [2.24, 2.45) is 11.7 Å². The standard InChI is InChI=1S/C16H21N3O3.ClH/c17-13-8-11(9-14(13)20)16(22)18-6-7-19(15(21)10-18)12-4-2-1-3-5-12;/h1-5,11,13-14,20H,6-10,17H2;1H/t11-,13+,14+;/m0./s1. The second-order valence-electron chi connectivity index (χ2n) is 6.04. The van der Waals surface area contributed by atoms with Crippen LogP contribution in [0.3, 0.4) is 0 Å². The van der Waals surface area contributed by atoms with E-state index in [1.54, 1.807) is 9.80 Å². The lowest BCUT2D eigenvalue weighted by molar-refractivity contribution is -0.140. The molecule has 2 aliphatic rings. The molecule has 2 amide bonds. The molecule has 2 fully saturated rings. The van der Waals surface area contributed by atoms with E-state index in [1.807, 2.05) is 30.3 Å². The highest BCUT2D eigenvalue weighted by molar-refractivity contribution is 5.98. The number of hydrogen-bond acceptors (Lipinski definition) is 4. The number of piperazine rings is 1. The third kappa shape index (κ3) is 3.65. The van der Waals surface area contributed by atoms with Crippen molar-refractivity contribution >= 4 is 29.9 Å². The number of hydrogen-bond donors (Lipinski definition) is 2. The predicted octanol–water partition coefficient (Wildman–Crippen LogP) is 0.382. The molecule has 126 valence electrons. The molecule has 3 rings (SSSR count). The fourth-order valence-electron chi connectivity index (χ4n) is 3.25. The number of anilines is 1. The zero-order valence-corrected chi connectivity index (χ0v) is 13.6. The number of aliphatic hydroxyl groups excluding tert-OH is 1. The van der Waals surface area contributed by atoms with E-state index in [4.69, 9.17) is 5.73 Å². The van der Waals surface area contributed by atoms with Crippen molar-refractivity contribution in [3.8, 4) is 0 Å². The van der Waals surface area contributed by atoms with E-state index >= 15 is 0 Å². The van der Waals surface area contributed by atoms with Gasteiger partial charge in [0, 0.05) is 30.7 Å². The Hall–Kier alpha value is -1.63. The minimum absolute atomic E-state index is 0. The van der Waals surface area contributed by atoms with Crippen molar-refractivity contribution < 1.29 is 14.7 Å². The third-order valence-corrected chi connectivity index (χ3v) is 4.53. The van der Waals surface area contributed by atoms with Gasteiger partial charge in [0.05, 0.1) is 6.10 Å². The summed E-state index contributed by atoms with van der Waals surface area (Å²) in [6.45, 7) is 1.10. The Bertz CT molecular complexity index is 559. The Morgan fingerprint density at radius 3 is 2.43 bits per heavy atom. The highest BCUT2D eigenvalue weighted by Crippen LogP contribution is 2.27. The van der Waals surface area contributed by atoms with Crippen molar-refractivity contribution in [3.05, 3.63) is 30.3 Å². The number of carbonyl (C=O) groups excluding carboxylic acids is 2. The topological polar surface area (TPSA) is 86.9 Å². The lowest BCUT2D eigenvalue weighted by Crippen LogP contribution is -2.53. The maximum Gasteiger partial charge on any atom is 0.246 e. The fraction of sp³-hybridized carbons (Fsp3) is 0.500. The molecule has 0 radical (unpaired) electrons. The van der Waals surface area contributed by atoms with Crippen LogP contribution in [-0.4, -0.2) is 53.6 Å². The largest absolute Gasteiger partial charge is 0.391 e. The molecule has 0 unspecified atom stereocenters. The van der Waals surface area contributed by atoms with E-state index in [1.165, 1.54) is 0 Å². The Balaban J connectivity index is 0.00000192. The number of carbonyl (C=O) groups is 2. The maximum absolute atomic E-state index is 12.5. The van der Waals surface area contributed by atoms with Crippen LogP contribution in [0.4, 0.5) is 5.69 Å². The second-order valence-corrected chi connectivity index (χ2v) is 6.04. The first-order valence-corrected chi connectivity index (χ1v) is 7.64. The highest BCUT2D eigenvalue weighted by atomic mass is 35.5. The normalized spacial score (nSPS) is 27.7. The summed E-state index contributed by atoms with van der Waals surface area (Å²) >= 11 is 0. The number of amides is 2. The van der Waals surface area contributed by atoms with E-state index < -0.39 is 6.10 Å². The molecule has 1 aromatic rings. The van der Waals surface area contributed by atoms with Crippen LogP contribution in [-0.2, 0) is 9.59 Å². The number of benzene rings is 1. The molecule has 1 aliphatic heterocycles. The molecule has 0 spiro atoms. The van der Waals surface area contributed by atoms with Crippen LogP contribution in [0.5, 0.6) is 0 Å². The molecule has 1 saturated heterocycles. The van der Waals surface area contributed by atoms with Crippen molar-refractivity contribution in [2.75, 3.05) is 24.5 Å². The average Bonchev–Trinajstić information content (AvgIpc) is 2.87. The van der Waals surface area contributed by atoms with E-state index in [-0.39, 0.29) is 42.7 Å². The monoisotopic (exact) mass is 339 g/mol. The molecule has 6 nitrogen and oxygen atoms in total. The zero-order chi connectivity index (χ0) is 15.7. The van der Waals surface area contributed by atoms with Gasteiger partial charge in [0.2, 0.25) is 11.8 Å². The van der Waals surface area contributed by atoms with Crippen LogP contribution >= 0.6 is 12.4 Å². The summed E-state index contributed by atoms with van der Waals surface area (Å²) in [5.41, 5.74) is 6.62. The van der Waals surface area contributed by atoms with Gasteiger partial charge in [-0.3, -0.25) is 9.59 Å². The quantitative estimate of drug-likeness (QED) is 0.815. The van der Waals surface area contributed by atoms with Gasteiger partial charge in [-0.2, -0.15) is 0 Å². The number of nitrogens with two attached hydrogens (primary N) is 1. The predicted molar refractivity (Wildman–Crippen MR) is 89.3 cm³/mol. The lowest BCUT2D eigenvalue weighted by atomic mass is 10.1. The van der Waals surface area contributed by atoms with Crippen LogP contribution in [0.15, 0.2) is 30.3 Å². The zero-order valence-electron chi connectivity index (χ0n) is 12.8. The van der Waals surface area contributed by atoms with Gasteiger partial charge in [0.15, 0.2) is 0 Å². The van der Waals surface area contributed by atoms with Gasteiger partial charge in [-0.1, -0.05) is 18.2 Å². The van der Waals surface area contributed by atoms with Crippen molar-refractivity contribution in [3.63, 3.8) is 0 Å². The molecule has 0 bridgehead atoms. The van der Waals surface area contributed by atoms with Crippen LogP contribution in [0.2, 0.25) is 0 Å². The summed E-state index contributed by atoms with van der Waals surface area (Å²) in [5, 5.41) is 9.69. The smallest absolute Gasteiger partial charge is 0.246 e. The van der Waals surface area contributed by atoms with Gasteiger partial charge in [-0.25, -0.2) is 0 Å². The molecule has 1 heterocycles. The number of nitrogens with zero attached hydrogens (tertiary/aromatic N) is 2. The first-order chi connectivity index (χ1) is 10.6. The molecule has 0 aromatic heterocycles. The molecule has 3 atom stereocenters. The highest BCUT2D eigenvalue weighted by Gasteiger charge is 2.38. The number of para-hydroxylation sites is 1. The van der Waals surface area contributed by atoms with Crippen molar-refractivity contribution in [1.82, 2.24) is 4.90 Å². The lowest BCUT2D eigenvalue weighted by Gasteiger charge is -2.35. The third-order valence-electron chi connectivity index (χ3n) is 4.53. The molecule has 23 heavy (non-hydrogen) atoms. The summed E-state index contributed by atoms with van der Waals surface area (Å²) in [6, 6.07) is 9.13. The number of halogens is 1. The Morgan fingerprint density at radius 1 is 1.17 bits per heavy atom. The van der Waals surface area contributed by atoms with E-state index in [9.17, 15) is 14.7 Å². The second kappa shape index (κ2) is 7.29. The van der Waals surface area contributed by atoms with Gasteiger partial charge < -0.3 is 20.6 Å². The van der Waals surface area contributed by atoms with Gasteiger partial charge >= 0.3 is 0 Å². The summed E-state index contributed by atoms with van der Waals surface area (Å²) in [7, 11) is 0. The van der Waals surface area contributed by atoms with Gasteiger partial charge in [-0.05, 0) is 25.0 Å².